The van der Waals surface area contributed by atoms with Gasteiger partial charge in [-0.1, -0.05) is 35.9 Å². The normalized spacial score (nSPS) is 12.9. The first-order valence-corrected chi connectivity index (χ1v) is 8.58. The van der Waals surface area contributed by atoms with Crippen LogP contribution in [0, 0.1) is 0 Å². The Morgan fingerprint density at radius 1 is 1.21 bits per heavy atom. The number of benzene rings is 1. The second-order valence-electron chi connectivity index (χ2n) is 5.79. The molecule has 1 aliphatic heterocycles. The first kappa shape index (κ1) is 16.6. The van der Waals surface area contributed by atoms with E-state index in [4.69, 9.17) is 11.6 Å². The number of aryl methyl sites for hydroxylation is 1. The molecular weight excluding hydrogens is 324 g/mol. The van der Waals surface area contributed by atoms with Crippen molar-refractivity contribution in [2.45, 2.75) is 25.8 Å². The summed E-state index contributed by atoms with van der Waals surface area (Å²) in [5.41, 5.74) is 3.15. The molecule has 3 N–H and O–H groups in total. The van der Waals surface area contributed by atoms with Gasteiger partial charge in [-0.2, -0.15) is 0 Å². The van der Waals surface area contributed by atoms with E-state index in [9.17, 15) is 4.79 Å². The Kier molecular flexibility index (Phi) is 5.54. The highest BCUT2D eigenvalue weighted by molar-refractivity contribution is 6.31. The van der Waals surface area contributed by atoms with Crippen LogP contribution < -0.4 is 16.0 Å². The maximum Gasteiger partial charge on any atom is 0.315 e. The quantitative estimate of drug-likeness (QED) is 0.780. The van der Waals surface area contributed by atoms with Crippen LogP contribution in [0.3, 0.4) is 0 Å². The van der Waals surface area contributed by atoms with E-state index in [2.05, 4.69) is 27.0 Å². The number of pyridine rings is 1. The predicted molar refractivity (Wildman–Crippen MR) is 96.4 cm³/mol. The molecule has 0 saturated heterocycles. The Bertz CT molecular complexity index is 720. The SMILES string of the molecule is O=C(NCCc1ccc2c(n1)NCCC2)NCc1ccccc1Cl. The Morgan fingerprint density at radius 3 is 2.96 bits per heavy atom. The average Bonchev–Trinajstić information content (AvgIpc) is 2.61. The maximum absolute atomic E-state index is 11.9. The van der Waals surface area contributed by atoms with Crippen LogP contribution in [-0.2, 0) is 19.4 Å². The molecule has 126 valence electrons. The third-order valence-corrected chi connectivity index (χ3v) is 4.38. The van der Waals surface area contributed by atoms with Crippen LogP contribution in [0.25, 0.3) is 0 Å². The van der Waals surface area contributed by atoms with Crippen molar-refractivity contribution in [3.05, 3.63) is 58.2 Å². The fourth-order valence-electron chi connectivity index (χ4n) is 2.69. The zero-order valence-electron chi connectivity index (χ0n) is 13.4. The fourth-order valence-corrected chi connectivity index (χ4v) is 2.89. The summed E-state index contributed by atoms with van der Waals surface area (Å²) in [4.78, 5) is 16.5. The molecule has 0 bridgehead atoms. The van der Waals surface area contributed by atoms with Gasteiger partial charge in [0.2, 0.25) is 0 Å². The van der Waals surface area contributed by atoms with Gasteiger partial charge in [-0.25, -0.2) is 9.78 Å². The average molecular weight is 345 g/mol. The van der Waals surface area contributed by atoms with Gasteiger partial charge in [0.25, 0.3) is 0 Å². The van der Waals surface area contributed by atoms with E-state index >= 15 is 0 Å². The first-order valence-electron chi connectivity index (χ1n) is 8.20. The Balaban J connectivity index is 1.43. The molecule has 0 fully saturated rings. The summed E-state index contributed by atoms with van der Waals surface area (Å²) in [5, 5.41) is 9.63. The summed E-state index contributed by atoms with van der Waals surface area (Å²) in [6, 6.07) is 11.4. The number of aromatic nitrogens is 1. The summed E-state index contributed by atoms with van der Waals surface area (Å²) < 4.78 is 0. The van der Waals surface area contributed by atoms with Crippen molar-refractivity contribution in [1.29, 1.82) is 0 Å². The highest BCUT2D eigenvalue weighted by Gasteiger charge is 2.10. The summed E-state index contributed by atoms with van der Waals surface area (Å²) in [5.74, 6) is 0.988. The van der Waals surface area contributed by atoms with Crippen molar-refractivity contribution in [2.24, 2.45) is 0 Å². The molecule has 0 atom stereocenters. The molecule has 0 unspecified atom stereocenters. The number of halogens is 1. The van der Waals surface area contributed by atoms with E-state index in [1.165, 1.54) is 5.56 Å². The molecule has 0 spiro atoms. The maximum atomic E-state index is 11.9. The van der Waals surface area contributed by atoms with E-state index in [1.807, 2.05) is 30.3 Å². The van der Waals surface area contributed by atoms with Crippen molar-refractivity contribution < 1.29 is 4.79 Å². The Hall–Kier alpha value is -2.27. The summed E-state index contributed by atoms with van der Waals surface area (Å²) in [6.07, 6.45) is 2.94. The number of anilines is 1. The molecule has 5 nitrogen and oxygen atoms in total. The minimum atomic E-state index is -0.203. The van der Waals surface area contributed by atoms with Crippen LogP contribution in [0.5, 0.6) is 0 Å². The van der Waals surface area contributed by atoms with Gasteiger partial charge in [-0.15, -0.1) is 0 Å². The molecule has 1 aromatic carbocycles. The number of hydrogen-bond donors (Lipinski definition) is 3. The largest absolute Gasteiger partial charge is 0.370 e. The number of hydrogen-bond acceptors (Lipinski definition) is 3. The smallest absolute Gasteiger partial charge is 0.315 e. The number of carbonyl (C=O) groups is 1. The number of fused-ring (bicyclic) bond motifs is 1. The molecule has 3 rings (SSSR count). The lowest BCUT2D eigenvalue weighted by atomic mass is 10.1. The van der Waals surface area contributed by atoms with Crippen LogP contribution >= 0.6 is 11.6 Å². The molecular formula is C18H21ClN4O. The molecule has 24 heavy (non-hydrogen) atoms. The van der Waals surface area contributed by atoms with Crippen LogP contribution in [0.4, 0.5) is 10.6 Å². The van der Waals surface area contributed by atoms with E-state index in [0.29, 0.717) is 24.5 Å². The monoisotopic (exact) mass is 344 g/mol. The Labute approximate surface area is 146 Å². The number of urea groups is 1. The van der Waals surface area contributed by atoms with Crippen molar-refractivity contribution in [2.75, 3.05) is 18.4 Å². The first-order chi connectivity index (χ1) is 11.7. The molecule has 2 amide bonds. The van der Waals surface area contributed by atoms with Gasteiger partial charge >= 0.3 is 6.03 Å². The number of nitrogens with one attached hydrogen (secondary N) is 3. The summed E-state index contributed by atoms with van der Waals surface area (Å²) >= 11 is 6.06. The summed E-state index contributed by atoms with van der Waals surface area (Å²) in [6.45, 7) is 1.93. The molecule has 6 heteroatoms. The minimum absolute atomic E-state index is 0.203. The molecule has 1 aliphatic rings. The molecule has 0 radical (unpaired) electrons. The molecule has 2 heterocycles. The summed E-state index contributed by atoms with van der Waals surface area (Å²) in [7, 11) is 0. The van der Waals surface area contributed by atoms with Gasteiger partial charge in [0.1, 0.15) is 5.82 Å². The molecule has 1 aromatic heterocycles. The van der Waals surface area contributed by atoms with E-state index in [1.54, 1.807) is 0 Å². The van der Waals surface area contributed by atoms with Gasteiger partial charge < -0.3 is 16.0 Å². The topological polar surface area (TPSA) is 66.0 Å². The molecule has 0 saturated carbocycles. The minimum Gasteiger partial charge on any atom is -0.370 e. The van der Waals surface area contributed by atoms with Gasteiger partial charge in [0.05, 0.1) is 0 Å². The van der Waals surface area contributed by atoms with Crippen LogP contribution in [0.1, 0.15) is 23.2 Å². The van der Waals surface area contributed by atoms with Gasteiger partial charge in [-0.3, -0.25) is 0 Å². The second-order valence-corrected chi connectivity index (χ2v) is 6.20. The lowest BCUT2D eigenvalue weighted by Gasteiger charge is -2.17. The second kappa shape index (κ2) is 8.02. The van der Waals surface area contributed by atoms with Crippen molar-refractivity contribution in [3.8, 4) is 0 Å². The standard InChI is InChI=1S/C18H21ClN4O/c19-16-6-2-1-4-14(16)12-22-18(24)21-11-9-15-8-7-13-5-3-10-20-17(13)23-15/h1-2,4,6-8H,3,5,9-12H2,(H,20,23)(H2,21,22,24). The highest BCUT2D eigenvalue weighted by Crippen LogP contribution is 2.19. The lowest BCUT2D eigenvalue weighted by Crippen LogP contribution is -2.36. The van der Waals surface area contributed by atoms with Crippen LogP contribution in [0.2, 0.25) is 5.02 Å². The van der Waals surface area contributed by atoms with Gasteiger partial charge in [-0.05, 0) is 36.1 Å². The molecule has 0 aliphatic carbocycles. The lowest BCUT2D eigenvalue weighted by molar-refractivity contribution is 0.240. The number of nitrogens with zero attached hydrogens (tertiary/aromatic N) is 1. The van der Waals surface area contributed by atoms with E-state index in [-0.39, 0.29) is 6.03 Å². The third kappa shape index (κ3) is 4.38. The van der Waals surface area contributed by atoms with Crippen LogP contribution in [-0.4, -0.2) is 24.1 Å². The number of rotatable bonds is 5. The zero-order valence-corrected chi connectivity index (χ0v) is 14.2. The molecule has 2 aromatic rings. The van der Waals surface area contributed by atoms with Crippen molar-refractivity contribution >= 4 is 23.4 Å². The number of carbonyl (C=O) groups excluding carboxylic acids is 1. The highest BCUT2D eigenvalue weighted by atomic mass is 35.5. The van der Waals surface area contributed by atoms with Gasteiger partial charge in [0, 0.05) is 36.8 Å². The van der Waals surface area contributed by atoms with Crippen molar-refractivity contribution in [1.82, 2.24) is 15.6 Å². The fraction of sp³-hybridized carbons (Fsp3) is 0.333. The van der Waals surface area contributed by atoms with Crippen molar-refractivity contribution in [3.63, 3.8) is 0 Å². The number of amides is 2. The third-order valence-electron chi connectivity index (χ3n) is 4.02. The van der Waals surface area contributed by atoms with Crippen LogP contribution in [0.15, 0.2) is 36.4 Å². The van der Waals surface area contributed by atoms with E-state index in [0.717, 1.165) is 36.5 Å². The zero-order chi connectivity index (χ0) is 16.8. The van der Waals surface area contributed by atoms with Gasteiger partial charge in [0.15, 0.2) is 0 Å². The Morgan fingerprint density at radius 2 is 2.08 bits per heavy atom. The van der Waals surface area contributed by atoms with E-state index < -0.39 is 0 Å². The predicted octanol–water partition coefficient (Wildman–Crippen LogP) is 3.14.